The van der Waals surface area contributed by atoms with Crippen molar-refractivity contribution < 1.29 is 32.2 Å². The molecule has 2 amide bonds. The summed E-state index contributed by atoms with van der Waals surface area (Å²) >= 11 is 6.05. The molecule has 11 heteroatoms. The summed E-state index contributed by atoms with van der Waals surface area (Å²) in [5, 5.41) is 5.16. The van der Waals surface area contributed by atoms with E-state index in [1.165, 1.54) is 31.3 Å². The minimum atomic E-state index is -1.68. The van der Waals surface area contributed by atoms with E-state index in [1.54, 1.807) is 0 Å². The van der Waals surface area contributed by atoms with Gasteiger partial charge >= 0.3 is 0 Å². The first-order chi connectivity index (χ1) is 15.2. The van der Waals surface area contributed by atoms with Gasteiger partial charge in [0.05, 0.1) is 43.7 Å². The fourth-order valence-corrected chi connectivity index (χ4v) is 3.13. The third-order valence-corrected chi connectivity index (χ3v) is 4.63. The van der Waals surface area contributed by atoms with Crippen LogP contribution in [-0.4, -0.2) is 50.6 Å². The maximum Gasteiger partial charge on any atom is 0.238 e. The number of benzene rings is 2. The van der Waals surface area contributed by atoms with Crippen molar-refractivity contribution in [3.05, 3.63) is 46.7 Å². The van der Waals surface area contributed by atoms with Crippen LogP contribution in [-0.2, 0) is 9.59 Å². The van der Waals surface area contributed by atoms with E-state index in [-0.39, 0.29) is 13.1 Å². The molecule has 7 nitrogen and oxygen atoms in total. The average molecular weight is 474 g/mol. The molecule has 2 aromatic rings. The van der Waals surface area contributed by atoms with E-state index in [0.717, 1.165) is 6.07 Å². The van der Waals surface area contributed by atoms with Gasteiger partial charge in [0.25, 0.3) is 0 Å². The molecule has 174 valence electrons. The molecule has 2 rings (SSSR count). The van der Waals surface area contributed by atoms with Gasteiger partial charge in [-0.2, -0.15) is 0 Å². The van der Waals surface area contributed by atoms with Crippen LogP contribution in [0.5, 0.6) is 11.5 Å². The van der Waals surface area contributed by atoms with Crippen molar-refractivity contribution in [2.45, 2.75) is 13.3 Å². The average Bonchev–Trinajstić information content (AvgIpc) is 2.75. The Morgan fingerprint density at radius 2 is 1.53 bits per heavy atom. The number of nitrogens with zero attached hydrogens (tertiary/aromatic N) is 1. The zero-order valence-electron chi connectivity index (χ0n) is 17.7. The Labute approximate surface area is 188 Å². The largest absolute Gasteiger partial charge is 0.495 e. The molecule has 0 saturated heterocycles. The lowest BCUT2D eigenvalue weighted by Crippen LogP contribution is -2.39. The SMILES string of the molecule is CCCN(CC(=O)Nc1cc(OC)c(Cl)cc1OC)CC(=O)Nc1ccc(F)c(F)c1F. The van der Waals surface area contributed by atoms with E-state index < -0.39 is 35.0 Å². The first-order valence-corrected chi connectivity index (χ1v) is 9.95. The zero-order chi connectivity index (χ0) is 23.8. The van der Waals surface area contributed by atoms with Gasteiger partial charge in [0.1, 0.15) is 11.5 Å². The number of hydrogen-bond donors (Lipinski definition) is 2. The predicted octanol–water partition coefficient (Wildman–Crippen LogP) is 4.06. The highest BCUT2D eigenvalue weighted by Crippen LogP contribution is 2.35. The van der Waals surface area contributed by atoms with Crippen molar-refractivity contribution in [1.82, 2.24) is 4.90 Å². The molecule has 0 atom stereocenters. The summed E-state index contributed by atoms with van der Waals surface area (Å²) in [6, 6.07) is 4.62. The van der Waals surface area contributed by atoms with Gasteiger partial charge in [-0.3, -0.25) is 14.5 Å². The molecular formula is C21H23ClF3N3O4. The second-order valence-electron chi connectivity index (χ2n) is 6.72. The normalized spacial score (nSPS) is 10.8. The van der Waals surface area contributed by atoms with E-state index in [9.17, 15) is 22.8 Å². The molecule has 32 heavy (non-hydrogen) atoms. The summed E-state index contributed by atoms with van der Waals surface area (Å²) in [6.45, 7) is 1.78. The fraction of sp³-hybridized carbons (Fsp3) is 0.333. The Hall–Kier alpha value is -2.98. The van der Waals surface area contributed by atoms with E-state index in [0.29, 0.717) is 41.2 Å². The van der Waals surface area contributed by atoms with Gasteiger partial charge in [-0.25, -0.2) is 13.2 Å². The zero-order valence-corrected chi connectivity index (χ0v) is 18.5. The summed E-state index contributed by atoms with van der Waals surface area (Å²) in [6.07, 6.45) is 0.623. The van der Waals surface area contributed by atoms with Gasteiger partial charge in [-0.1, -0.05) is 18.5 Å². The molecule has 0 aliphatic heterocycles. The maximum atomic E-state index is 13.8. The van der Waals surface area contributed by atoms with Gasteiger partial charge in [0.15, 0.2) is 17.5 Å². The van der Waals surface area contributed by atoms with Crippen molar-refractivity contribution in [1.29, 1.82) is 0 Å². The number of ether oxygens (including phenoxy) is 2. The summed E-state index contributed by atoms with van der Waals surface area (Å²) in [7, 11) is 2.84. The molecular weight excluding hydrogens is 451 g/mol. The number of nitrogens with one attached hydrogen (secondary N) is 2. The lowest BCUT2D eigenvalue weighted by atomic mass is 10.2. The maximum absolute atomic E-state index is 13.8. The quantitative estimate of drug-likeness (QED) is 0.509. The fourth-order valence-electron chi connectivity index (χ4n) is 2.90. The summed E-state index contributed by atoms with van der Waals surface area (Å²) in [5.74, 6) is -5.03. The molecule has 0 aliphatic rings. The summed E-state index contributed by atoms with van der Waals surface area (Å²) < 4.78 is 50.5. The third-order valence-electron chi connectivity index (χ3n) is 4.33. The Kier molecular flexibility index (Phi) is 9.15. The molecule has 0 unspecified atom stereocenters. The number of rotatable bonds is 10. The first kappa shape index (κ1) is 25.3. The lowest BCUT2D eigenvalue weighted by Gasteiger charge is -2.21. The highest BCUT2D eigenvalue weighted by Gasteiger charge is 2.19. The van der Waals surface area contributed by atoms with Crippen LogP contribution in [0.1, 0.15) is 13.3 Å². The molecule has 0 bridgehead atoms. The van der Waals surface area contributed by atoms with Gasteiger partial charge in [0, 0.05) is 12.1 Å². The number of halogens is 4. The number of methoxy groups -OCH3 is 2. The number of hydrogen-bond acceptors (Lipinski definition) is 5. The molecule has 0 spiro atoms. The molecule has 2 aromatic carbocycles. The first-order valence-electron chi connectivity index (χ1n) is 9.57. The number of anilines is 2. The smallest absolute Gasteiger partial charge is 0.238 e. The van der Waals surface area contributed by atoms with Crippen LogP contribution in [0.25, 0.3) is 0 Å². The standard InChI is InChI=1S/C21H23ClF3N3O4/c1-4-7-28(10-18(29)26-14-6-5-13(23)20(24)21(14)25)11-19(30)27-15-9-16(31-2)12(22)8-17(15)32-3/h5-6,8-9H,4,7,10-11H2,1-3H3,(H,26,29)(H,27,30). The van der Waals surface area contributed by atoms with Crippen LogP contribution in [0.4, 0.5) is 24.5 Å². The van der Waals surface area contributed by atoms with Crippen LogP contribution in [0.3, 0.4) is 0 Å². The monoisotopic (exact) mass is 473 g/mol. The van der Waals surface area contributed by atoms with E-state index in [2.05, 4.69) is 10.6 Å². The van der Waals surface area contributed by atoms with Crippen molar-refractivity contribution in [3.8, 4) is 11.5 Å². The Balaban J connectivity index is 2.06. The second-order valence-corrected chi connectivity index (χ2v) is 7.12. The number of amides is 2. The van der Waals surface area contributed by atoms with Crippen molar-refractivity contribution in [3.63, 3.8) is 0 Å². The van der Waals surface area contributed by atoms with Crippen molar-refractivity contribution in [2.75, 3.05) is 44.5 Å². The van der Waals surface area contributed by atoms with E-state index in [1.807, 2.05) is 6.92 Å². The number of carbonyl (C=O) groups is 2. The van der Waals surface area contributed by atoms with Crippen LogP contribution < -0.4 is 20.1 Å². The number of carbonyl (C=O) groups excluding carboxylic acids is 2. The van der Waals surface area contributed by atoms with Crippen LogP contribution in [0, 0.1) is 17.5 Å². The molecule has 0 fully saturated rings. The van der Waals surface area contributed by atoms with Crippen molar-refractivity contribution in [2.24, 2.45) is 0 Å². The molecule has 0 aromatic heterocycles. The summed E-state index contributed by atoms with van der Waals surface area (Å²) in [4.78, 5) is 26.4. The lowest BCUT2D eigenvalue weighted by molar-refractivity contribution is -0.120. The van der Waals surface area contributed by atoms with Gasteiger partial charge in [0.2, 0.25) is 11.8 Å². The topological polar surface area (TPSA) is 79.9 Å². The second kappa shape index (κ2) is 11.6. The summed E-state index contributed by atoms with van der Waals surface area (Å²) in [5.41, 5.74) is -0.170. The Morgan fingerprint density at radius 3 is 2.09 bits per heavy atom. The minimum Gasteiger partial charge on any atom is -0.495 e. The molecule has 2 N–H and O–H groups in total. The minimum absolute atomic E-state index is 0.171. The molecule has 0 aliphatic carbocycles. The van der Waals surface area contributed by atoms with E-state index in [4.69, 9.17) is 21.1 Å². The van der Waals surface area contributed by atoms with Gasteiger partial charge in [-0.15, -0.1) is 0 Å². The van der Waals surface area contributed by atoms with Gasteiger partial charge in [-0.05, 0) is 25.1 Å². The molecule has 0 heterocycles. The molecule has 0 saturated carbocycles. The van der Waals surface area contributed by atoms with Crippen LogP contribution >= 0.6 is 11.6 Å². The Bertz CT molecular complexity index is 991. The highest BCUT2D eigenvalue weighted by atomic mass is 35.5. The predicted molar refractivity (Wildman–Crippen MR) is 115 cm³/mol. The van der Waals surface area contributed by atoms with Gasteiger partial charge < -0.3 is 20.1 Å². The van der Waals surface area contributed by atoms with Crippen molar-refractivity contribution >= 4 is 34.8 Å². The van der Waals surface area contributed by atoms with Crippen LogP contribution in [0.2, 0.25) is 5.02 Å². The van der Waals surface area contributed by atoms with Crippen LogP contribution in [0.15, 0.2) is 24.3 Å². The highest BCUT2D eigenvalue weighted by molar-refractivity contribution is 6.32. The Morgan fingerprint density at radius 1 is 0.938 bits per heavy atom. The third kappa shape index (κ3) is 6.51. The van der Waals surface area contributed by atoms with E-state index >= 15 is 0 Å². The molecule has 0 radical (unpaired) electrons.